The van der Waals surface area contributed by atoms with Crippen molar-refractivity contribution in [3.8, 4) is 0 Å². The lowest BCUT2D eigenvalue weighted by atomic mass is 10.4. The molecule has 0 radical (unpaired) electrons. The Labute approximate surface area is 213 Å². The lowest BCUT2D eigenvalue weighted by Crippen LogP contribution is -2.22. The van der Waals surface area contributed by atoms with Gasteiger partial charge in [-0.1, -0.05) is 0 Å². The Balaban J connectivity index is 0.000000145. The number of aryl methyl sites for hydroxylation is 1. The summed E-state index contributed by atoms with van der Waals surface area (Å²) in [6.07, 6.45) is 5.62. The zero-order valence-corrected chi connectivity index (χ0v) is 19.9. The number of rotatable bonds is 0. The minimum absolute atomic E-state index is 0.0783. The van der Waals surface area contributed by atoms with Crippen molar-refractivity contribution in [2.45, 2.75) is 6.92 Å². The number of hydrogen-bond donors (Lipinski definition) is 10. The molecule has 0 aromatic carbocycles. The van der Waals surface area contributed by atoms with Gasteiger partial charge in [0.25, 0.3) is 16.7 Å². The first-order valence-electron chi connectivity index (χ1n) is 10.5. The maximum atomic E-state index is 11.0. The molecule has 202 valence electrons. The predicted molar refractivity (Wildman–Crippen MR) is 140 cm³/mol. The zero-order valence-electron chi connectivity index (χ0n) is 19.9. The summed E-state index contributed by atoms with van der Waals surface area (Å²) in [6, 6.07) is 1.52. The molecule has 13 N–H and O–H groups in total. The molecular weight excluding hydrogens is 518 g/mol. The van der Waals surface area contributed by atoms with Gasteiger partial charge in [0.05, 0.1) is 12.7 Å². The summed E-state index contributed by atoms with van der Waals surface area (Å²) in [5, 5.41) is 0. The topological polar surface area (TPSA) is 338 Å². The molecule has 0 saturated carbocycles. The summed E-state index contributed by atoms with van der Waals surface area (Å²) in [7, 11) is 0. The molecule has 6 aromatic heterocycles. The van der Waals surface area contributed by atoms with Gasteiger partial charge in [0.1, 0.15) is 5.82 Å². The van der Waals surface area contributed by atoms with Crippen molar-refractivity contribution in [1.29, 1.82) is 0 Å². The van der Waals surface area contributed by atoms with E-state index in [0.29, 0.717) is 27.9 Å². The second kappa shape index (κ2) is 12.1. The monoisotopic (exact) mass is 539 g/mol. The predicted octanol–water partition coefficient (Wildman–Crippen LogP) is -2.82. The van der Waals surface area contributed by atoms with Gasteiger partial charge in [-0.3, -0.25) is 29.3 Å². The average Bonchev–Trinajstić information content (AvgIpc) is 3.53. The summed E-state index contributed by atoms with van der Waals surface area (Å²) in [4.78, 5) is 88.3. The van der Waals surface area contributed by atoms with Crippen LogP contribution in [0.2, 0.25) is 0 Å². The summed E-state index contributed by atoms with van der Waals surface area (Å²) in [6.45, 7) is 1.62. The molecule has 6 aromatic rings. The van der Waals surface area contributed by atoms with Gasteiger partial charge in [-0.05, 0) is 13.0 Å². The van der Waals surface area contributed by atoms with E-state index in [2.05, 4.69) is 59.8 Å². The number of nitrogen functional groups attached to an aromatic ring is 3. The lowest BCUT2D eigenvalue weighted by Gasteiger charge is -1.89. The van der Waals surface area contributed by atoms with Crippen LogP contribution in [-0.2, 0) is 0 Å². The van der Waals surface area contributed by atoms with Crippen LogP contribution in [0.25, 0.3) is 22.3 Å². The second-order valence-corrected chi connectivity index (χ2v) is 7.18. The van der Waals surface area contributed by atoms with Gasteiger partial charge >= 0.3 is 11.4 Å². The van der Waals surface area contributed by atoms with E-state index < -0.39 is 11.4 Å². The highest BCUT2D eigenvalue weighted by molar-refractivity contribution is 5.69. The maximum absolute atomic E-state index is 11.0. The normalized spacial score (nSPS) is 9.97. The van der Waals surface area contributed by atoms with E-state index in [0.717, 1.165) is 0 Å². The molecule has 20 nitrogen and oxygen atoms in total. The molecule has 39 heavy (non-hydrogen) atoms. The Morgan fingerprint density at radius 2 is 1.21 bits per heavy atom. The zero-order chi connectivity index (χ0) is 28.5. The number of hydrogen-bond acceptors (Lipinski definition) is 13. The van der Waals surface area contributed by atoms with E-state index >= 15 is 0 Å². The smallest absolute Gasteiger partial charge is 0.346 e. The fourth-order valence-electron chi connectivity index (χ4n) is 2.58. The van der Waals surface area contributed by atoms with Gasteiger partial charge in [0.2, 0.25) is 11.9 Å². The molecule has 0 spiro atoms. The van der Waals surface area contributed by atoms with Crippen molar-refractivity contribution < 1.29 is 0 Å². The van der Waals surface area contributed by atoms with E-state index in [9.17, 15) is 24.0 Å². The van der Waals surface area contributed by atoms with Crippen LogP contribution >= 0.6 is 0 Å². The SMILES string of the molecule is Cc1c[nH]c(=O)[nH]c1=O.Nc1cc[nH]c(=O)n1.Nc1nc2nc[nH]c2c(=O)[nH]1.Nc1nc2nc[nH]c2c(=O)[nH]1. The molecule has 0 aliphatic carbocycles. The molecule has 0 unspecified atom stereocenters. The highest BCUT2D eigenvalue weighted by atomic mass is 16.2. The third kappa shape index (κ3) is 7.57. The molecule has 6 heterocycles. The molecule has 0 fully saturated rings. The third-order valence-electron chi connectivity index (χ3n) is 4.33. The molecule has 0 aliphatic heterocycles. The summed E-state index contributed by atoms with van der Waals surface area (Å²) in [5.41, 5.74) is 15.7. The fraction of sp³-hybridized carbons (Fsp3) is 0.0526. The Morgan fingerprint density at radius 1 is 0.667 bits per heavy atom. The standard InChI is InChI=1S/2C5H5N5O.C5H6N2O2.C4H5N3O/c2*6-5-9-3-2(4(11)10-5)7-1-8-3;1-3-2-6-5(9)7-4(3)8;5-3-1-2-6-4(8)7-3/h2*1H,(H4,6,7,8,9,10,11);2H,1H3,(H2,6,7,8,9);1-2H,(H3,5,6,7,8). The number of nitrogens with one attached hydrogen (secondary N) is 7. The van der Waals surface area contributed by atoms with Gasteiger partial charge in [0, 0.05) is 18.0 Å². The molecule has 0 atom stereocenters. The van der Waals surface area contributed by atoms with Crippen molar-refractivity contribution in [2.24, 2.45) is 0 Å². The molecule has 0 amide bonds. The van der Waals surface area contributed by atoms with Crippen molar-refractivity contribution in [3.05, 3.63) is 88.7 Å². The molecule has 6 rings (SSSR count). The van der Waals surface area contributed by atoms with Crippen molar-refractivity contribution in [3.63, 3.8) is 0 Å². The highest BCUT2D eigenvalue weighted by Crippen LogP contribution is 1.99. The maximum Gasteiger partial charge on any atom is 0.346 e. The third-order valence-corrected chi connectivity index (χ3v) is 4.33. The molecule has 0 aliphatic rings. The van der Waals surface area contributed by atoms with Crippen LogP contribution in [-0.4, -0.2) is 59.8 Å². The lowest BCUT2D eigenvalue weighted by molar-refractivity contribution is 1.01. The van der Waals surface area contributed by atoms with Crippen molar-refractivity contribution >= 4 is 40.0 Å². The minimum atomic E-state index is -0.467. The molecule has 0 bridgehead atoms. The number of nitrogens with two attached hydrogens (primary N) is 3. The van der Waals surface area contributed by atoms with E-state index in [-0.39, 0.29) is 34.4 Å². The summed E-state index contributed by atoms with van der Waals surface area (Å²) >= 11 is 0. The van der Waals surface area contributed by atoms with Crippen LogP contribution in [0.1, 0.15) is 5.56 Å². The Bertz CT molecular complexity index is 1910. The Morgan fingerprint density at radius 3 is 1.62 bits per heavy atom. The first kappa shape index (κ1) is 27.3. The molecule has 0 saturated heterocycles. The number of H-pyrrole nitrogens is 7. The first-order chi connectivity index (χ1) is 18.5. The summed E-state index contributed by atoms with van der Waals surface area (Å²) in [5.74, 6) is 0.401. The van der Waals surface area contributed by atoms with Gasteiger partial charge in [-0.25, -0.2) is 19.6 Å². The van der Waals surface area contributed by atoms with Crippen molar-refractivity contribution in [1.82, 2.24) is 59.8 Å². The van der Waals surface area contributed by atoms with Crippen LogP contribution in [0.3, 0.4) is 0 Å². The van der Waals surface area contributed by atoms with Crippen LogP contribution in [0.5, 0.6) is 0 Å². The van der Waals surface area contributed by atoms with E-state index in [4.69, 9.17) is 17.2 Å². The van der Waals surface area contributed by atoms with Gasteiger partial charge < -0.3 is 37.1 Å². The molecule has 20 heteroatoms. The van der Waals surface area contributed by atoms with Crippen LogP contribution in [0, 0.1) is 6.92 Å². The minimum Gasteiger partial charge on any atom is -0.383 e. The van der Waals surface area contributed by atoms with E-state index in [1.165, 1.54) is 31.1 Å². The summed E-state index contributed by atoms with van der Waals surface area (Å²) < 4.78 is 0. The number of anilines is 3. The quantitative estimate of drug-likeness (QED) is 0.0931. The molecular formula is C19H21N15O5. The number of nitrogens with zero attached hydrogens (tertiary/aromatic N) is 5. The highest BCUT2D eigenvalue weighted by Gasteiger charge is 2.02. The Kier molecular flexibility index (Phi) is 8.43. The largest absolute Gasteiger partial charge is 0.383 e. The number of aromatic nitrogens is 12. The fourth-order valence-corrected chi connectivity index (χ4v) is 2.58. The number of aromatic amines is 7. The van der Waals surface area contributed by atoms with Gasteiger partial charge in [-0.15, -0.1) is 0 Å². The van der Waals surface area contributed by atoms with Crippen molar-refractivity contribution in [2.75, 3.05) is 17.2 Å². The van der Waals surface area contributed by atoms with Crippen LogP contribution in [0.4, 0.5) is 17.7 Å². The van der Waals surface area contributed by atoms with E-state index in [1.807, 2.05) is 0 Å². The van der Waals surface area contributed by atoms with E-state index in [1.54, 1.807) is 6.92 Å². The van der Waals surface area contributed by atoms with Crippen LogP contribution in [0.15, 0.2) is 55.1 Å². The average molecular weight is 539 g/mol. The Hall–Kier alpha value is -6.34. The second-order valence-electron chi connectivity index (χ2n) is 7.18. The first-order valence-corrected chi connectivity index (χ1v) is 10.5. The van der Waals surface area contributed by atoms with Gasteiger partial charge in [-0.2, -0.15) is 15.0 Å². The van der Waals surface area contributed by atoms with Crippen LogP contribution < -0.4 is 45.3 Å². The number of fused-ring (bicyclic) bond motifs is 2. The number of imidazole rings is 2. The van der Waals surface area contributed by atoms with Gasteiger partial charge in [0.15, 0.2) is 22.3 Å².